The van der Waals surface area contributed by atoms with Crippen LogP contribution in [-0.4, -0.2) is 20.3 Å². The highest BCUT2D eigenvalue weighted by molar-refractivity contribution is 9.10. The maximum absolute atomic E-state index is 5.10. The number of rotatable bonds is 2. The van der Waals surface area contributed by atoms with Gasteiger partial charge < -0.3 is 9.05 Å². The first kappa shape index (κ1) is 11.1. The molecule has 0 aliphatic heterocycles. The van der Waals surface area contributed by atoms with E-state index in [-0.39, 0.29) is 11.8 Å². The van der Waals surface area contributed by atoms with E-state index in [0.717, 1.165) is 10.0 Å². The van der Waals surface area contributed by atoms with Crippen molar-refractivity contribution in [2.45, 2.75) is 6.92 Å². The molecular weight excluding hydrogens is 300 g/mol. The summed E-state index contributed by atoms with van der Waals surface area (Å²) in [6.07, 6.45) is 0. The van der Waals surface area contributed by atoms with Crippen molar-refractivity contribution >= 4 is 15.9 Å². The largest absolute Gasteiger partial charge is 0.329 e. The Hall–Kier alpha value is -2.02. The van der Waals surface area contributed by atoms with Gasteiger partial charge in [-0.05, 0) is 19.1 Å². The molecule has 6 nitrogen and oxygen atoms in total. The molecule has 0 atom stereocenters. The number of hydrogen-bond donors (Lipinski definition) is 0. The maximum atomic E-state index is 5.10. The minimum Gasteiger partial charge on any atom is -0.329 e. The lowest BCUT2D eigenvalue weighted by Crippen LogP contribution is -1.82. The van der Waals surface area contributed by atoms with Gasteiger partial charge >= 0.3 is 11.8 Å². The van der Waals surface area contributed by atoms with Crippen LogP contribution in [-0.2, 0) is 0 Å². The lowest BCUT2D eigenvalue weighted by Gasteiger charge is -1.95. The van der Waals surface area contributed by atoms with Gasteiger partial charge in [0, 0.05) is 10.0 Å². The van der Waals surface area contributed by atoms with Crippen LogP contribution in [0.3, 0.4) is 0 Å². The highest BCUT2D eigenvalue weighted by Gasteiger charge is 2.17. The van der Waals surface area contributed by atoms with E-state index in [9.17, 15) is 0 Å². The molecule has 2 aromatic heterocycles. The fraction of sp³-hybridized carbons (Fsp3) is 0.0909. The third-order valence-corrected chi connectivity index (χ3v) is 2.94. The number of aryl methyl sites for hydroxylation is 1. The molecule has 18 heavy (non-hydrogen) atoms. The van der Waals surface area contributed by atoms with Gasteiger partial charge in [-0.3, -0.25) is 0 Å². The molecule has 0 amide bonds. The van der Waals surface area contributed by atoms with Crippen molar-refractivity contribution in [3.63, 3.8) is 0 Å². The zero-order valence-electron chi connectivity index (χ0n) is 9.29. The zero-order chi connectivity index (χ0) is 12.5. The Bertz CT molecular complexity index is 692. The summed E-state index contributed by atoms with van der Waals surface area (Å²) in [5.41, 5.74) is 0.837. The smallest absolute Gasteiger partial charge is 0.316 e. The van der Waals surface area contributed by atoms with Crippen LogP contribution < -0.4 is 0 Å². The molecule has 0 bridgehead atoms. The van der Waals surface area contributed by atoms with Crippen LogP contribution in [0, 0.1) is 6.92 Å². The molecule has 0 aliphatic carbocycles. The molecule has 0 fully saturated rings. The molecule has 1 aromatic carbocycles. The van der Waals surface area contributed by atoms with Gasteiger partial charge in [-0.1, -0.05) is 38.4 Å². The van der Waals surface area contributed by atoms with E-state index in [1.54, 1.807) is 6.92 Å². The normalized spacial score (nSPS) is 10.8. The Labute approximate surface area is 110 Å². The minimum atomic E-state index is 0.210. The lowest BCUT2D eigenvalue weighted by atomic mass is 10.2. The van der Waals surface area contributed by atoms with Crippen molar-refractivity contribution in [3.8, 4) is 23.2 Å². The van der Waals surface area contributed by atoms with Gasteiger partial charge in [0.1, 0.15) is 0 Å². The molecular formula is C11H7BrN4O2. The summed E-state index contributed by atoms with van der Waals surface area (Å²) in [5, 5.41) is 7.56. The number of nitrogens with zero attached hydrogens (tertiary/aromatic N) is 4. The summed E-state index contributed by atoms with van der Waals surface area (Å²) >= 11 is 3.43. The van der Waals surface area contributed by atoms with Crippen molar-refractivity contribution in [2.24, 2.45) is 0 Å². The molecule has 3 aromatic rings. The highest BCUT2D eigenvalue weighted by Crippen LogP contribution is 2.27. The van der Waals surface area contributed by atoms with E-state index in [1.807, 2.05) is 24.3 Å². The molecule has 7 heteroatoms. The summed E-state index contributed by atoms with van der Waals surface area (Å²) in [7, 11) is 0. The van der Waals surface area contributed by atoms with Crippen molar-refractivity contribution in [3.05, 3.63) is 34.6 Å². The van der Waals surface area contributed by atoms with E-state index in [1.165, 1.54) is 0 Å². The van der Waals surface area contributed by atoms with Gasteiger partial charge in [-0.15, -0.1) is 0 Å². The Balaban J connectivity index is 2.02. The molecule has 0 radical (unpaired) electrons. The molecule has 90 valence electrons. The molecule has 2 heterocycles. The monoisotopic (exact) mass is 306 g/mol. The van der Waals surface area contributed by atoms with Crippen LogP contribution in [0.4, 0.5) is 0 Å². The van der Waals surface area contributed by atoms with Gasteiger partial charge in [-0.25, -0.2) is 0 Å². The van der Waals surface area contributed by atoms with Crippen molar-refractivity contribution in [1.82, 2.24) is 20.3 Å². The fourth-order valence-corrected chi connectivity index (χ4v) is 1.91. The second-order valence-electron chi connectivity index (χ2n) is 3.55. The van der Waals surface area contributed by atoms with E-state index >= 15 is 0 Å². The molecule has 0 saturated carbocycles. The molecule has 0 spiro atoms. The average molecular weight is 307 g/mol. The summed E-state index contributed by atoms with van der Waals surface area (Å²) < 4.78 is 10.9. The van der Waals surface area contributed by atoms with Crippen LogP contribution in [0.15, 0.2) is 37.8 Å². The van der Waals surface area contributed by atoms with Gasteiger partial charge in [0.05, 0.1) is 0 Å². The molecule has 0 N–H and O–H groups in total. The van der Waals surface area contributed by atoms with Gasteiger partial charge in [0.2, 0.25) is 5.82 Å². The van der Waals surface area contributed by atoms with Gasteiger partial charge in [0.15, 0.2) is 5.82 Å². The summed E-state index contributed by atoms with van der Waals surface area (Å²) in [6.45, 7) is 1.72. The van der Waals surface area contributed by atoms with Gasteiger partial charge in [0.25, 0.3) is 0 Å². The molecule has 0 saturated heterocycles. The van der Waals surface area contributed by atoms with E-state index < -0.39 is 0 Å². The van der Waals surface area contributed by atoms with Crippen molar-refractivity contribution in [2.75, 3.05) is 0 Å². The minimum absolute atomic E-state index is 0.210. The van der Waals surface area contributed by atoms with Crippen LogP contribution in [0.25, 0.3) is 23.2 Å². The predicted molar refractivity (Wildman–Crippen MR) is 65.5 cm³/mol. The Morgan fingerprint density at radius 3 is 2.44 bits per heavy atom. The first-order valence-electron chi connectivity index (χ1n) is 5.13. The van der Waals surface area contributed by atoms with Crippen LogP contribution in [0.1, 0.15) is 5.82 Å². The first-order chi connectivity index (χ1) is 8.74. The number of aromatic nitrogens is 4. The van der Waals surface area contributed by atoms with E-state index in [4.69, 9.17) is 9.05 Å². The summed E-state index contributed by atoms with van der Waals surface area (Å²) in [5.74, 6) is 1.42. The number of halogens is 1. The molecule has 0 unspecified atom stereocenters. The Morgan fingerprint density at radius 1 is 1.00 bits per heavy atom. The zero-order valence-corrected chi connectivity index (χ0v) is 10.9. The number of benzene rings is 1. The topological polar surface area (TPSA) is 77.8 Å². The van der Waals surface area contributed by atoms with Crippen LogP contribution in [0.2, 0.25) is 0 Å². The van der Waals surface area contributed by atoms with E-state index in [0.29, 0.717) is 11.6 Å². The van der Waals surface area contributed by atoms with E-state index in [2.05, 4.69) is 36.2 Å². The second kappa shape index (κ2) is 4.34. The highest BCUT2D eigenvalue weighted by atomic mass is 79.9. The standard InChI is InChI=1S/C11H7BrN4O2/c1-6-13-10(17-15-6)11-14-9(16-18-11)7-4-2-3-5-8(7)12/h2-5H,1H3. The van der Waals surface area contributed by atoms with Crippen molar-refractivity contribution in [1.29, 1.82) is 0 Å². The molecule has 0 aliphatic rings. The van der Waals surface area contributed by atoms with Crippen LogP contribution in [0.5, 0.6) is 0 Å². The maximum Gasteiger partial charge on any atom is 0.316 e. The SMILES string of the molecule is Cc1noc(-c2nc(-c3ccccc3Br)no2)n1. The third-order valence-electron chi connectivity index (χ3n) is 2.25. The lowest BCUT2D eigenvalue weighted by molar-refractivity contribution is 0.381. The number of hydrogen-bond acceptors (Lipinski definition) is 6. The quantitative estimate of drug-likeness (QED) is 0.724. The Morgan fingerprint density at radius 2 is 1.72 bits per heavy atom. The summed E-state index contributed by atoms with van der Waals surface area (Å²) in [4.78, 5) is 8.25. The third kappa shape index (κ3) is 1.92. The first-order valence-corrected chi connectivity index (χ1v) is 5.92. The second-order valence-corrected chi connectivity index (χ2v) is 4.40. The van der Waals surface area contributed by atoms with Gasteiger partial charge in [-0.2, -0.15) is 9.97 Å². The Kier molecular flexibility index (Phi) is 2.67. The summed E-state index contributed by atoms with van der Waals surface area (Å²) in [6, 6.07) is 7.60. The van der Waals surface area contributed by atoms with Crippen LogP contribution >= 0.6 is 15.9 Å². The van der Waals surface area contributed by atoms with Crippen molar-refractivity contribution < 1.29 is 9.05 Å². The fourth-order valence-electron chi connectivity index (χ4n) is 1.45. The average Bonchev–Trinajstić information content (AvgIpc) is 2.98. The predicted octanol–water partition coefficient (Wildman–Crippen LogP) is 2.86. The molecule has 3 rings (SSSR count).